The van der Waals surface area contributed by atoms with Gasteiger partial charge in [0, 0.05) is 24.2 Å². The minimum absolute atomic E-state index is 0.127. The second kappa shape index (κ2) is 8.03. The molecule has 0 radical (unpaired) electrons. The molecule has 1 amide bonds. The molecule has 1 saturated carbocycles. The van der Waals surface area contributed by atoms with Crippen molar-refractivity contribution in [1.82, 2.24) is 14.7 Å². The number of fused-ring (bicyclic) bond motifs is 1. The van der Waals surface area contributed by atoms with E-state index in [1.54, 1.807) is 0 Å². The van der Waals surface area contributed by atoms with Gasteiger partial charge in [-0.15, -0.1) is 0 Å². The van der Waals surface area contributed by atoms with Gasteiger partial charge < -0.3 is 9.72 Å². The molecule has 4 aromatic rings. The Morgan fingerprint density at radius 3 is 2.61 bits per heavy atom. The van der Waals surface area contributed by atoms with Gasteiger partial charge in [0.1, 0.15) is 5.65 Å². The Labute approximate surface area is 183 Å². The summed E-state index contributed by atoms with van der Waals surface area (Å²) < 4.78 is 2.17. The first-order valence-corrected chi connectivity index (χ1v) is 11.0. The topological polar surface area (TPSA) is 46.4 Å². The van der Waals surface area contributed by atoms with E-state index in [4.69, 9.17) is 4.98 Å². The number of rotatable bonds is 6. The molecule has 31 heavy (non-hydrogen) atoms. The van der Waals surface area contributed by atoms with Crippen LogP contribution in [0.15, 0.2) is 66.9 Å². The summed E-state index contributed by atoms with van der Waals surface area (Å²) in [7, 11) is 0. The minimum Gasteiger partial charge on any atom is -0.353 e. The van der Waals surface area contributed by atoms with Crippen LogP contribution < -0.4 is 5.32 Å². The van der Waals surface area contributed by atoms with Gasteiger partial charge in [0.25, 0.3) is 0 Å². The second-order valence-corrected chi connectivity index (χ2v) is 8.58. The van der Waals surface area contributed by atoms with Gasteiger partial charge in [-0.1, -0.05) is 54.1 Å². The Kier molecular flexibility index (Phi) is 5.06. The van der Waals surface area contributed by atoms with E-state index in [0.29, 0.717) is 18.9 Å². The number of nitrogens with zero attached hydrogens (tertiary/aromatic N) is 2. The summed E-state index contributed by atoms with van der Waals surface area (Å²) >= 11 is 0. The van der Waals surface area contributed by atoms with Gasteiger partial charge in [-0.25, -0.2) is 4.98 Å². The van der Waals surface area contributed by atoms with Gasteiger partial charge in [0.15, 0.2) is 0 Å². The number of nitrogens with one attached hydrogen (secondary N) is 1. The Morgan fingerprint density at radius 2 is 1.84 bits per heavy atom. The van der Waals surface area contributed by atoms with Crippen LogP contribution in [0.2, 0.25) is 0 Å². The summed E-state index contributed by atoms with van der Waals surface area (Å²) in [6.07, 6.45) is 5.51. The number of aryl methyl sites for hydroxylation is 3. The number of amides is 1. The number of pyridine rings is 1. The van der Waals surface area contributed by atoms with Crippen molar-refractivity contribution in [2.24, 2.45) is 0 Å². The molecule has 1 aliphatic carbocycles. The van der Waals surface area contributed by atoms with Crippen molar-refractivity contribution < 1.29 is 4.79 Å². The molecule has 0 spiro atoms. The third-order valence-electron chi connectivity index (χ3n) is 6.00. The van der Waals surface area contributed by atoms with Gasteiger partial charge in [0.05, 0.1) is 11.4 Å². The fraction of sp³-hybridized carbons (Fsp3) is 0.259. The average molecular weight is 410 g/mol. The van der Waals surface area contributed by atoms with Crippen molar-refractivity contribution in [3.05, 3.63) is 83.7 Å². The van der Waals surface area contributed by atoms with E-state index >= 15 is 0 Å². The number of imidazole rings is 1. The summed E-state index contributed by atoms with van der Waals surface area (Å²) in [5.41, 5.74) is 8.91. The number of hydrogen-bond acceptors (Lipinski definition) is 2. The summed E-state index contributed by atoms with van der Waals surface area (Å²) in [6.45, 7) is 4.27. The van der Waals surface area contributed by atoms with Crippen molar-refractivity contribution in [2.45, 2.75) is 45.6 Å². The predicted molar refractivity (Wildman–Crippen MR) is 125 cm³/mol. The first-order chi connectivity index (χ1) is 15.1. The molecule has 0 aliphatic heterocycles. The van der Waals surface area contributed by atoms with Crippen LogP contribution in [-0.4, -0.2) is 21.3 Å². The van der Waals surface area contributed by atoms with Crippen LogP contribution in [0.5, 0.6) is 0 Å². The van der Waals surface area contributed by atoms with Crippen molar-refractivity contribution >= 4 is 11.6 Å². The summed E-state index contributed by atoms with van der Waals surface area (Å²) in [5, 5.41) is 3.11. The highest BCUT2D eigenvalue weighted by Gasteiger charge is 2.23. The molecule has 0 unspecified atom stereocenters. The van der Waals surface area contributed by atoms with Gasteiger partial charge in [-0.3, -0.25) is 4.79 Å². The third kappa shape index (κ3) is 4.11. The third-order valence-corrected chi connectivity index (χ3v) is 6.00. The zero-order chi connectivity index (χ0) is 21.4. The van der Waals surface area contributed by atoms with Crippen molar-refractivity contribution in [3.63, 3.8) is 0 Å². The lowest BCUT2D eigenvalue weighted by Crippen LogP contribution is -2.25. The van der Waals surface area contributed by atoms with E-state index in [1.165, 1.54) is 16.7 Å². The van der Waals surface area contributed by atoms with Gasteiger partial charge in [0.2, 0.25) is 5.91 Å². The van der Waals surface area contributed by atoms with Crippen molar-refractivity contribution in [1.29, 1.82) is 0 Å². The quantitative estimate of drug-likeness (QED) is 0.457. The molecular formula is C27H27N3O. The first kappa shape index (κ1) is 19.6. The molecule has 4 nitrogen and oxygen atoms in total. The number of carbonyl (C=O) groups excluding carboxylic acids is 1. The Morgan fingerprint density at radius 1 is 1.03 bits per heavy atom. The van der Waals surface area contributed by atoms with Crippen LogP contribution in [0.4, 0.5) is 0 Å². The Hall–Kier alpha value is -3.40. The molecule has 1 aliphatic rings. The minimum atomic E-state index is 0.127. The number of carbonyl (C=O) groups is 1. The molecule has 5 rings (SSSR count). The average Bonchev–Trinajstić information content (AvgIpc) is 3.52. The van der Waals surface area contributed by atoms with Crippen LogP contribution in [-0.2, 0) is 11.2 Å². The Bertz CT molecular complexity index is 1250. The lowest BCUT2D eigenvalue weighted by atomic mass is 10.00. The molecule has 2 aromatic carbocycles. The van der Waals surface area contributed by atoms with Crippen molar-refractivity contribution in [3.8, 4) is 22.4 Å². The molecule has 0 saturated heterocycles. The van der Waals surface area contributed by atoms with Crippen molar-refractivity contribution in [2.75, 3.05) is 0 Å². The highest BCUT2D eigenvalue weighted by molar-refractivity contribution is 5.78. The molecule has 0 bridgehead atoms. The first-order valence-electron chi connectivity index (χ1n) is 11.0. The van der Waals surface area contributed by atoms with E-state index < -0.39 is 0 Å². The fourth-order valence-electron chi connectivity index (χ4n) is 4.13. The highest BCUT2D eigenvalue weighted by Crippen LogP contribution is 2.30. The maximum absolute atomic E-state index is 12.4. The SMILES string of the molecule is Cc1ccc(C)c(-c2ccc3nc(-c4ccccc4)c(CCC(=O)NC4CC4)n3c2)c1. The maximum atomic E-state index is 12.4. The molecule has 1 N–H and O–H groups in total. The zero-order valence-corrected chi connectivity index (χ0v) is 18.1. The van der Waals surface area contributed by atoms with Crippen LogP contribution in [0.1, 0.15) is 36.1 Å². The van der Waals surface area contributed by atoms with Crippen LogP contribution in [0, 0.1) is 13.8 Å². The molecule has 156 valence electrons. The van der Waals surface area contributed by atoms with Crippen LogP contribution in [0.25, 0.3) is 28.0 Å². The standard InChI is InChI=1S/C27H27N3O/c1-18-8-9-19(2)23(16-18)21-10-14-25-29-27(20-6-4-3-5-7-20)24(30(25)17-21)13-15-26(31)28-22-11-12-22/h3-10,14,16-17,22H,11-13,15H2,1-2H3,(H,28,31). The largest absolute Gasteiger partial charge is 0.353 e. The molecule has 4 heteroatoms. The molecular weight excluding hydrogens is 382 g/mol. The van der Waals surface area contributed by atoms with E-state index in [0.717, 1.165) is 41.0 Å². The van der Waals surface area contributed by atoms with Crippen LogP contribution in [0.3, 0.4) is 0 Å². The second-order valence-electron chi connectivity index (χ2n) is 8.58. The van der Waals surface area contributed by atoms with Gasteiger partial charge >= 0.3 is 0 Å². The molecule has 2 aromatic heterocycles. The normalized spacial score (nSPS) is 13.5. The van der Waals surface area contributed by atoms with Crippen LogP contribution >= 0.6 is 0 Å². The fourth-order valence-corrected chi connectivity index (χ4v) is 4.13. The highest BCUT2D eigenvalue weighted by atomic mass is 16.1. The lowest BCUT2D eigenvalue weighted by Gasteiger charge is -2.10. The maximum Gasteiger partial charge on any atom is 0.220 e. The summed E-state index contributed by atoms with van der Waals surface area (Å²) in [5.74, 6) is 0.127. The van der Waals surface area contributed by atoms with Gasteiger partial charge in [-0.05, 0) is 61.9 Å². The zero-order valence-electron chi connectivity index (χ0n) is 18.1. The van der Waals surface area contributed by atoms with Gasteiger partial charge in [-0.2, -0.15) is 0 Å². The predicted octanol–water partition coefficient (Wildman–Crippen LogP) is 5.50. The summed E-state index contributed by atoms with van der Waals surface area (Å²) in [6, 6.07) is 21.4. The molecule has 0 atom stereocenters. The lowest BCUT2D eigenvalue weighted by molar-refractivity contribution is -0.121. The summed E-state index contributed by atoms with van der Waals surface area (Å²) in [4.78, 5) is 17.3. The molecule has 1 fully saturated rings. The monoisotopic (exact) mass is 409 g/mol. The smallest absolute Gasteiger partial charge is 0.220 e. The molecule has 2 heterocycles. The van der Waals surface area contributed by atoms with E-state index in [2.05, 4.69) is 72.2 Å². The number of hydrogen-bond donors (Lipinski definition) is 1. The van der Waals surface area contributed by atoms with E-state index in [1.807, 2.05) is 18.2 Å². The number of aromatic nitrogens is 2. The Balaban J connectivity index is 1.58. The van der Waals surface area contributed by atoms with E-state index in [9.17, 15) is 4.79 Å². The number of benzene rings is 2. The van der Waals surface area contributed by atoms with E-state index in [-0.39, 0.29) is 5.91 Å².